The van der Waals surface area contributed by atoms with E-state index in [-0.39, 0.29) is 6.29 Å². The van der Waals surface area contributed by atoms with Gasteiger partial charge < -0.3 is 4.90 Å². The predicted octanol–water partition coefficient (Wildman–Crippen LogP) is 3.02. The highest BCUT2D eigenvalue weighted by Gasteiger charge is 2.07. The van der Waals surface area contributed by atoms with Crippen molar-refractivity contribution in [3.05, 3.63) is 23.9 Å². The Balaban J connectivity index is 4.00. The summed E-state index contributed by atoms with van der Waals surface area (Å²) >= 11 is 0. The molecule has 0 heterocycles. The average Bonchev–Trinajstić information content (AvgIpc) is 2.23. The van der Waals surface area contributed by atoms with Crippen LogP contribution in [0.25, 0.3) is 0 Å². The van der Waals surface area contributed by atoms with Gasteiger partial charge in [0.05, 0.1) is 0 Å². The number of hydrogen-bond acceptors (Lipinski definition) is 3. The van der Waals surface area contributed by atoms with E-state index < -0.39 is 0 Å². The maximum atomic E-state index is 4.06. The lowest BCUT2D eigenvalue weighted by atomic mass is 10.1. The van der Waals surface area contributed by atoms with E-state index in [0.717, 1.165) is 13.0 Å². The average molecular weight is 237 g/mol. The minimum Gasteiger partial charge on any atom is -0.347 e. The summed E-state index contributed by atoms with van der Waals surface area (Å²) in [6.07, 6.45) is 7.36. The van der Waals surface area contributed by atoms with Crippen molar-refractivity contribution in [1.29, 1.82) is 0 Å². The van der Waals surface area contributed by atoms with Gasteiger partial charge in [-0.3, -0.25) is 10.3 Å². The van der Waals surface area contributed by atoms with Gasteiger partial charge in [-0.2, -0.15) is 0 Å². The highest BCUT2D eigenvalue weighted by molar-refractivity contribution is 5.24. The zero-order valence-corrected chi connectivity index (χ0v) is 11.9. The van der Waals surface area contributed by atoms with Gasteiger partial charge in [0.2, 0.25) is 0 Å². The van der Waals surface area contributed by atoms with Crippen LogP contribution in [-0.2, 0) is 0 Å². The van der Waals surface area contributed by atoms with E-state index >= 15 is 0 Å². The maximum Gasteiger partial charge on any atom is 0.174 e. The van der Waals surface area contributed by atoms with Crippen LogP contribution >= 0.6 is 0 Å². The molecule has 0 aliphatic carbocycles. The summed E-state index contributed by atoms with van der Waals surface area (Å²) in [5.74, 6) is 0.602. The fraction of sp³-hybridized carbons (Fsp3) is 0.643. The molecule has 3 nitrogen and oxygen atoms in total. The molecule has 2 atom stereocenters. The smallest absolute Gasteiger partial charge is 0.174 e. The van der Waals surface area contributed by atoms with Gasteiger partial charge in [0.25, 0.3) is 0 Å². The molecule has 0 radical (unpaired) electrons. The first-order valence-electron chi connectivity index (χ1n) is 6.20. The SMILES string of the molecule is C=NC(NCCC(C)C=C(C)C)N(C)/C=C\C. The number of aliphatic imine (C=N–C) groups is 1. The van der Waals surface area contributed by atoms with Gasteiger partial charge in [0, 0.05) is 7.05 Å². The summed E-state index contributed by atoms with van der Waals surface area (Å²) < 4.78 is 0. The van der Waals surface area contributed by atoms with Gasteiger partial charge in [-0.15, -0.1) is 0 Å². The third-order valence-corrected chi connectivity index (χ3v) is 2.49. The maximum absolute atomic E-state index is 4.06. The molecular weight excluding hydrogens is 210 g/mol. The fourth-order valence-electron chi connectivity index (χ4n) is 1.75. The Hall–Kier alpha value is -1.09. The lowest BCUT2D eigenvalue weighted by Gasteiger charge is -2.24. The molecule has 17 heavy (non-hydrogen) atoms. The summed E-state index contributed by atoms with van der Waals surface area (Å²) in [6, 6.07) is 0. The minimum atomic E-state index is -0.0369. The van der Waals surface area contributed by atoms with Crippen molar-refractivity contribution in [2.45, 2.75) is 40.4 Å². The van der Waals surface area contributed by atoms with Crippen LogP contribution in [0, 0.1) is 5.92 Å². The lowest BCUT2D eigenvalue weighted by Crippen LogP contribution is -2.39. The van der Waals surface area contributed by atoms with Gasteiger partial charge >= 0.3 is 0 Å². The van der Waals surface area contributed by atoms with Crippen molar-refractivity contribution in [2.75, 3.05) is 13.6 Å². The molecule has 0 aromatic rings. The highest BCUT2D eigenvalue weighted by Crippen LogP contribution is 2.06. The highest BCUT2D eigenvalue weighted by atomic mass is 15.3. The molecule has 0 aliphatic rings. The van der Waals surface area contributed by atoms with Crippen LogP contribution in [0.4, 0.5) is 0 Å². The normalized spacial score (nSPS) is 14.4. The van der Waals surface area contributed by atoms with E-state index in [1.165, 1.54) is 5.57 Å². The second-order valence-electron chi connectivity index (χ2n) is 4.67. The molecule has 0 spiro atoms. The second-order valence-corrected chi connectivity index (χ2v) is 4.67. The first kappa shape index (κ1) is 15.9. The Labute approximate surface area is 106 Å². The summed E-state index contributed by atoms with van der Waals surface area (Å²) in [6.45, 7) is 13.1. The zero-order valence-electron chi connectivity index (χ0n) is 11.9. The third kappa shape index (κ3) is 7.75. The first-order valence-corrected chi connectivity index (χ1v) is 6.20. The molecule has 1 N–H and O–H groups in total. The molecule has 2 unspecified atom stereocenters. The van der Waals surface area contributed by atoms with E-state index in [1.807, 2.05) is 31.1 Å². The molecule has 0 fully saturated rings. The first-order chi connectivity index (χ1) is 8.01. The largest absolute Gasteiger partial charge is 0.347 e. The van der Waals surface area contributed by atoms with Gasteiger partial charge in [0.1, 0.15) is 0 Å². The number of nitrogens with one attached hydrogen (secondary N) is 1. The Bertz CT molecular complexity index is 265. The van der Waals surface area contributed by atoms with E-state index in [1.54, 1.807) is 0 Å². The Morgan fingerprint density at radius 2 is 2.12 bits per heavy atom. The van der Waals surface area contributed by atoms with Crippen molar-refractivity contribution in [3.8, 4) is 0 Å². The molecule has 0 aliphatic heterocycles. The van der Waals surface area contributed by atoms with E-state index in [9.17, 15) is 0 Å². The van der Waals surface area contributed by atoms with Crippen molar-refractivity contribution in [1.82, 2.24) is 10.2 Å². The molecule has 0 rings (SSSR count). The molecule has 0 aromatic carbocycles. The van der Waals surface area contributed by atoms with Crippen molar-refractivity contribution >= 4 is 6.72 Å². The Kier molecular flexibility index (Phi) is 8.42. The standard InChI is InChI=1S/C14H27N3/c1-7-10-17(6)14(15-5)16-9-8-13(4)11-12(2)3/h7,10-11,13-14,16H,5,8-9H2,1-4,6H3/b10-7-. The molecular formula is C14H27N3. The van der Waals surface area contributed by atoms with Gasteiger partial charge in [-0.1, -0.05) is 24.6 Å². The molecule has 0 amide bonds. The topological polar surface area (TPSA) is 27.6 Å². The van der Waals surface area contributed by atoms with E-state index in [4.69, 9.17) is 0 Å². The van der Waals surface area contributed by atoms with Crippen LogP contribution in [0.2, 0.25) is 0 Å². The minimum absolute atomic E-state index is 0.0369. The number of hydrogen-bond donors (Lipinski definition) is 1. The zero-order chi connectivity index (χ0) is 13.3. The molecule has 0 aromatic heterocycles. The van der Waals surface area contributed by atoms with Crippen LogP contribution in [0.1, 0.15) is 34.1 Å². The van der Waals surface area contributed by atoms with Gasteiger partial charge in [-0.05, 0) is 52.6 Å². The molecule has 0 saturated carbocycles. The molecule has 0 saturated heterocycles. The van der Waals surface area contributed by atoms with Crippen LogP contribution in [0.15, 0.2) is 28.9 Å². The second kappa shape index (κ2) is 8.99. The predicted molar refractivity (Wildman–Crippen MR) is 77.1 cm³/mol. The van der Waals surface area contributed by atoms with Crippen molar-refractivity contribution in [3.63, 3.8) is 0 Å². The third-order valence-electron chi connectivity index (χ3n) is 2.49. The molecule has 98 valence electrons. The molecule has 3 heteroatoms. The van der Waals surface area contributed by atoms with E-state index in [2.05, 4.69) is 43.9 Å². The van der Waals surface area contributed by atoms with Crippen molar-refractivity contribution < 1.29 is 0 Å². The van der Waals surface area contributed by atoms with Crippen LogP contribution in [0.5, 0.6) is 0 Å². The van der Waals surface area contributed by atoms with Crippen LogP contribution in [-0.4, -0.2) is 31.5 Å². The van der Waals surface area contributed by atoms with Crippen LogP contribution < -0.4 is 5.32 Å². The van der Waals surface area contributed by atoms with Gasteiger partial charge in [-0.25, -0.2) is 0 Å². The van der Waals surface area contributed by atoms with Crippen LogP contribution in [0.3, 0.4) is 0 Å². The van der Waals surface area contributed by atoms with Crippen molar-refractivity contribution in [2.24, 2.45) is 10.9 Å². The summed E-state index contributed by atoms with van der Waals surface area (Å²) in [5, 5.41) is 3.37. The number of rotatable bonds is 8. The summed E-state index contributed by atoms with van der Waals surface area (Å²) in [5.41, 5.74) is 1.38. The number of nitrogens with zero attached hydrogens (tertiary/aromatic N) is 2. The fourth-order valence-corrected chi connectivity index (χ4v) is 1.75. The Morgan fingerprint density at radius 3 is 2.59 bits per heavy atom. The summed E-state index contributed by atoms with van der Waals surface area (Å²) in [7, 11) is 1.99. The number of allylic oxidation sites excluding steroid dienone is 3. The van der Waals surface area contributed by atoms with E-state index in [0.29, 0.717) is 5.92 Å². The molecule has 0 bridgehead atoms. The monoisotopic (exact) mass is 237 g/mol. The summed E-state index contributed by atoms with van der Waals surface area (Å²) in [4.78, 5) is 6.07. The Morgan fingerprint density at radius 1 is 1.47 bits per heavy atom. The lowest BCUT2D eigenvalue weighted by molar-refractivity contribution is 0.282. The van der Waals surface area contributed by atoms with Gasteiger partial charge in [0.15, 0.2) is 6.29 Å². The quantitative estimate of drug-likeness (QED) is 0.399.